The van der Waals surface area contributed by atoms with Gasteiger partial charge in [0.25, 0.3) is 0 Å². The average molecular weight is 522 g/mol. The van der Waals surface area contributed by atoms with E-state index >= 15 is 0 Å². The molecule has 0 amide bonds. The number of sulfone groups is 2. The van der Waals surface area contributed by atoms with Crippen molar-refractivity contribution in [1.29, 1.82) is 0 Å². The molecule has 0 bridgehead atoms. The molecule has 0 saturated carbocycles. The van der Waals surface area contributed by atoms with E-state index < -0.39 is 24.4 Å². The fourth-order valence-corrected chi connectivity index (χ4v) is 5.66. The second-order valence-corrected chi connectivity index (χ2v) is 12.3. The third kappa shape index (κ3) is 6.20. The molecule has 1 N–H and O–H groups in total. The fraction of sp³-hybridized carbons (Fsp3) is 0.933. The van der Waals surface area contributed by atoms with Crippen LogP contribution in [0.3, 0.4) is 0 Å². The lowest BCUT2D eigenvalue weighted by atomic mass is 10.2. The minimum absolute atomic E-state index is 0. The van der Waals surface area contributed by atoms with Crippen LogP contribution in [0.2, 0.25) is 0 Å². The zero-order valence-electron chi connectivity index (χ0n) is 15.8. The van der Waals surface area contributed by atoms with E-state index in [9.17, 15) is 16.8 Å². The van der Waals surface area contributed by atoms with Crippen LogP contribution in [0.4, 0.5) is 0 Å². The normalized spacial score (nSPS) is 25.3. The minimum Gasteiger partial charge on any atom is -0.357 e. The summed E-state index contributed by atoms with van der Waals surface area (Å²) in [5, 5.41) is 3.23. The highest BCUT2D eigenvalue weighted by molar-refractivity contribution is 14.0. The highest BCUT2D eigenvalue weighted by Gasteiger charge is 2.40. The predicted octanol–water partition coefficient (Wildman–Crippen LogP) is -0.191. The largest absolute Gasteiger partial charge is 0.357 e. The van der Waals surface area contributed by atoms with Gasteiger partial charge in [0.05, 0.1) is 28.6 Å². The van der Waals surface area contributed by atoms with Crippen LogP contribution in [-0.2, 0) is 19.7 Å². The van der Waals surface area contributed by atoms with Crippen LogP contribution in [0, 0.1) is 0 Å². The van der Waals surface area contributed by atoms with E-state index in [1.807, 2.05) is 11.8 Å². The van der Waals surface area contributed by atoms with E-state index in [1.54, 1.807) is 13.8 Å². The molecular weight excluding hydrogens is 491 g/mol. The van der Waals surface area contributed by atoms with Crippen molar-refractivity contribution in [1.82, 2.24) is 15.1 Å². The third-order valence-electron chi connectivity index (χ3n) is 4.79. The van der Waals surface area contributed by atoms with E-state index in [0.29, 0.717) is 45.8 Å². The number of nitrogens with one attached hydrogen (secondary N) is 1. The lowest BCUT2D eigenvalue weighted by molar-refractivity contribution is 0.302. The van der Waals surface area contributed by atoms with Crippen molar-refractivity contribution in [2.24, 2.45) is 4.99 Å². The maximum absolute atomic E-state index is 12.2. The lowest BCUT2D eigenvalue weighted by Gasteiger charge is -2.39. The first kappa shape index (κ1) is 23.9. The van der Waals surface area contributed by atoms with E-state index in [2.05, 4.69) is 15.2 Å². The van der Waals surface area contributed by atoms with Gasteiger partial charge >= 0.3 is 0 Å². The summed E-state index contributed by atoms with van der Waals surface area (Å²) in [4.78, 5) is 8.74. The average Bonchev–Trinajstić information content (AvgIpc) is 2.51. The van der Waals surface area contributed by atoms with Crippen LogP contribution in [0.25, 0.3) is 0 Å². The SMILES string of the molecule is CCNC(=NCCN1CCS(=O)(=O)CC1)N1CCS(=O)(=O)C(C)(C)C1.I. The Hall–Kier alpha value is -0.140. The van der Waals surface area contributed by atoms with Crippen LogP contribution in [0.15, 0.2) is 4.99 Å². The maximum atomic E-state index is 12.2. The summed E-state index contributed by atoms with van der Waals surface area (Å²) in [7, 11) is -5.94. The minimum atomic E-state index is -3.08. The van der Waals surface area contributed by atoms with Crippen molar-refractivity contribution in [2.45, 2.75) is 25.5 Å². The van der Waals surface area contributed by atoms with E-state index in [0.717, 1.165) is 5.96 Å². The fourth-order valence-electron chi connectivity index (χ4n) is 3.02. The van der Waals surface area contributed by atoms with Gasteiger partial charge in [-0.25, -0.2) is 16.8 Å². The number of hydrogen-bond acceptors (Lipinski definition) is 6. The molecule has 0 radical (unpaired) electrons. The second kappa shape index (κ2) is 9.37. The van der Waals surface area contributed by atoms with Crippen molar-refractivity contribution in [3.05, 3.63) is 0 Å². The van der Waals surface area contributed by atoms with Crippen LogP contribution in [-0.4, -0.2) is 100 Å². The first-order valence-electron chi connectivity index (χ1n) is 8.75. The molecule has 2 heterocycles. The molecule has 26 heavy (non-hydrogen) atoms. The van der Waals surface area contributed by atoms with Crippen LogP contribution < -0.4 is 5.32 Å². The van der Waals surface area contributed by atoms with Gasteiger partial charge in [0.2, 0.25) is 0 Å². The molecule has 2 aliphatic heterocycles. The van der Waals surface area contributed by atoms with Crippen molar-refractivity contribution in [3.8, 4) is 0 Å². The van der Waals surface area contributed by atoms with Crippen LogP contribution in [0.1, 0.15) is 20.8 Å². The molecule has 2 fully saturated rings. The Morgan fingerprint density at radius 2 is 1.69 bits per heavy atom. The number of hydrogen-bond donors (Lipinski definition) is 1. The second-order valence-electron chi connectivity index (χ2n) is 7.23. The Bertz CT molecular complexity index is 693. The van der Waals surface area contributed by atoms with Crippen molar-refractivity contribution >= 4 is 49.6 Å². The molecule has 2 rings (SSSR count). The predicted molar refractivity (Wildman–Crippen MR) is 116 cm³/mol. The highest BCUT2D eigenvalue weighted by Crippen LogP contribution is 2.23. The Labute approximate surface area is 174 Å². The van der Waals surface area contributed by atoms with Gasteiger partial charge in [-0.2, -0.15) is 0 Å². The van der Waals surface area contributed by atoms with Crippen molar-refractivity contribution < 1.29 is 16.8 Å². The molecule has 0 spiro atoms. The van der Waals surface area contributed by atoms with Gasteiger partial charge in [-0.15, -0.1) is 24.0 Å². The maximum Gasteiger partial charge on any atom is 0.194 e. The highest BCUT2D eigenvalue weighted by atomic mass is 127. The number of aliphatic imine (C=N–C) groups is 1. The van der Waals surface area contributed by atoms with Crippen LogP contribution in [0.5, 0.6) is 0 Å². The Balaban J connectivity index is 0.00000338. The lowest BCUT2D eigenvalue weighted by Crippen LogP contribution is -2.57. The summed E-state index contributed by atoms with van der Waals surface area (Å²) in [6.07, 6.45) is 0. The first-order chi connectivity index (χ1) is 11.6. The van der Waals surface area contributed by atoms with Gasteiger partial charge in [-0.05, 0) is 20.8 Å². The molecule has 0 aromatic rings. The van der Waals surface area contributed by atoms with Gasteiger partial charge in [-0.1, -0.05) is 0 Å². The molecule has 8 nitrogen and oxygen atoms in total. The monoisotopic (exact) mass is 522 g/mol. The molecule has 0 atom stereocenters. The molecule has 0 aliphatic carbocycles. The first-order valence-corrected chi connectivity index (χ1v) is 12.2. The van der Waals surface area contributed by atoms with Crippen LogP contribution >= 0.6 is 24.0 Å². The third-order valence-corrected chi connectivity index (χ3v) is 8.93. The summed E-state index contributed by atoms with van der Waals surface area (Å²) < 4.78 is 46.5. The Kier molecular flexibility index (Phi) is 8.61. The number of nitrogens with zero attached hydrogens (tertiary/aromatic N) is 3. The van der Waals surface area contributed by atoms with Crippen molar-refractivity contribution in [2.75, 3.05) is 63.1 Å². The molecule has 2 aliphatic rings. The van der Waals surface area contributed by atoms with Gasteiger partial charge in [-0.3, -0.25) is 9.89 Å². The summed E-state index contributed by atoms with van der Waals surface area (Å²) in [6, 6.07) is 0. The molecule has 0 aromatic carbocycles. The number of guanidine groups is 1. The van der Waals surface area contributed by atoms with E-state index in [-0.39, 0.29) is 41.2 Å². The Morgan fingerprint density at radius 1 is 1.08 bits per heavy atom. The molecule has 154 valence electrons. The summed E-state index contributed by atoms with van der Waals surface area (Å²) >= 11 is 0. The van der Waals surface area contributed by atoms with Gasteiger partial charge in [0.1, 0.15) is 0 Å². The number of rotatable bonds is 4. The molecular formula is C15H31IN4O4S2. The smallest absolute Gasteiger partial charge is 0.194 e. The van der Waals surface area contributed by atoms with E-state index in [1.165, 1.54) is 0 Å². The summed E-state index contributed by atoms with van der Waals surface area (Å²) in [5.74, 6) is 1.30. The van der Waals surface area contributed by atoms with Crippen molar-refractivity contribution in [3.63, 3.8) is 0 Å². The zero-order chi connectivity index (χ0) is 18.7. The van der Waals surface area contributed by atoms with Gasteiger partial charge in [0, 0.05) is 39.3 Å². The number of halogens is 1. The standard InChI is InChI=1S/C15H30N4O4S2.HI/c1-4-16-14(19-9-12-25(22,23)15(2,3)13-19)17-5-6-18-7-10-24(20,21)11-8-18;/h4-13H2,1-3H3,(H,16,17);1H. The summed E-state index contributed by atoms with van der Waals surface area (Å²) in [5.41, 5.74) is 0. The van der Waals surface area contributed by atoms with E-state index in [4.69, 9.17) is 0 Å². The molecule has 11 heteroatoms. The van der Waals surface area contributed by atoms with Gasteiger partial charge in [0.15, 0.2) is 25.6 Å². The Morgan fingerprint density at radius 3 is 2.23 bits per heavy atom. The molecule has 0 unspecified atom stereocenters. The quantitative estimate of drug-likeness (QED) is 0.311. The molecule has 2 saturated heterocycles. The zero-order valence-corrected chi connectivity index (χ0v) is 19.7. The van der Waals surface area contributed by atoms with Gasteiger partial charge < -0.3 is 10.2 Å². The topological polar surface area (TPSA) is 99.2 Å². The molecule has 0 aromatic heterocycles. The summed E-state index contributed by atoms with van der Waals surface area (Å²) in [6.45, 7) is 9.46.